The lowest BCUT2D eigenvalue weighted by molar-refractivity contribution is -0.131. The highest BCUT2D eigenvalue weighted by atomic mass is 32.1. The lowest BCUT2D eigenvalue weighted by Gasteiger charge is -2.10. The average Bonchev–Trinajstić information content (AvgIpc) is 3.09. The molecule has 0 aliphatic heterocycles. The van der Waals surface area contributed by atoms with Crippen molar-refractivity contribution in [3.05, 3.63) is 46.7 Å². The van der Waals surface area contributed by atoms with Crippen LogP contribution in [0, 0.1) is 18.2 Å². The van der Waals surface area contributed by atoms with E-state index in [1.807, 2.05) is 0 Å². The van der Waals surface area contributed by atoms with E-state index in [1.54, 1.807) is 24.4 Å². The van der Waals surface area contributed by atoms with Gasteiger partial charge in [0.05, 0.1) is 12.2 Å². The summed E-state index contributed by atoms with van der Waals surface area (Å²) in [6, 6.07) is 5.51. The van der Waals surface area contributed by atoms with Gasteiger partial charge in [-0.3, -0.25) is 10.1 Å². The molecule has 2 aromatic rings. The van der Waals surface area contributed by atoms with Crippen molar-refractivity contribution < 1.29 is 18.7 Å². The standard InChI is InChI=1S/C18H19FN4O3S/c1-3-7-26-12(2)16(24)20-10-15-11-27-18(22-15)23-17(25)21-9-13-5-4-6-14(19)8-13/h1,4-6,8,11-12H,7,9-10H2,2H3,(H,20,24)(H2,21,22,23,25). The summed E-state index contributed by atoms with van der Waals surface area (Å²) in [4.78, 5) is 27.9. The average molecular weight is 390 g/mol. The number of terminal acetylenes is 1. The first-order valence-corrected chi connectivity index (χ1v) is 8.92. The van der Waals surface area contributed by atoms with Crippen LogP contribution in [0.3, 0.4) is 0 Å². The first kappa shape index (κ1) is 20.4. The van der Waals surface area contributed by atoms with Gasteiger partial charge in [-0.2, -0.15) is 0 Å². The van der Waals surface area contributed by atoms with E-state index in [-0.39, 0.29) is 31.4 Å². The summed E-state index contributed by atoms with van der Waals surface area (Å²) < 4.78 is 18.2. The fourth-order valence-electron chi connectivity index (χ4n) is 1.99. The summed E-state index contributed by atoms with van der Waals surface area (Å²) in [6.07, 6.45) is 4.41. The summed E-state index contributed by atoms with van der Waals surface area (Å²) in [7, 11) is 0. The van der Waals surface area contributed by atoms with Crippen LogP contribution in [0.1, 0.15) is 18.2 Å². The van der Waals surface area contributed by atoms with Gasteiger partial charge in [0.15, 0.2) is 5.13 Å². The number of ether oxygens (including phenoxy) is 1. The topological polar surface area (TPSA) is 92.4 Å². The minimum absolute atomic E-state index is 0.0596. The van der Waals surface area contributed by atoms with Crippen LogP contribution in [0.25, 0.3) is 0 Å². The number of thiazole rings is 1. The second-order valence-electron chi connectivity index (χ2n) is 5.46. The Hall–Kier alpha value is -2.96. The Labute approximate surface area is 160 Å². The molecule has 3 N–H and O–H groups in total. The number of rotatable bonds is 8. The highest BCUT2D eigenvalue weighted by molar-refractivity contribution is 7.13. The Morgan fingerprint density at radius 1 is 1.37 bits per heavy atom. The Bertz CT molecular complexity index is 834. The van der Waals surface area contributed by atoms with Crippen LogP contribution in [0.5, 0.6) is 0 Å². The zero-order valence-electron chi connectivity index (χ0n) is 14.6. The Morgan fingerprint density at radius 3 is 2.93 bits per heavy atom. The van der Waals surface area contributed by atoms with Gasteiger partial charge in [0.2, 0.25) is 5.91 Å². The number of aromatic nitrogens is 1. The quantitative estimate of drug-likeness (QED) is 0.603. The van der Waals surface area contributed by atoms with Gasteiger partial charge < -0.3 is 15.4 Å². The maximum atomic E-state index is 13.1. The summed E-state index contributed by atoms with van der Waals surface area (Å²) in [5.41, 5.74) is 1.24. The predicted molar refractivity (Wildman–Crippen MR) is 100 cm³/mol. The van der Waals surface area contributed by atoms with Gasteiger partial charge in [-0.05, 0) is 24.6 Å². The SMILES string of the molecule is C#CCOC(C)C(=O)NCc1csc(NC(=O)NCc2cccc(F)c2)n1. The lowest BCUT2D eigenvalue weighted by atomic mass is 10.2. The van der Waals surface area contributed by atoms with E-state index < -0.39 is 12.1 Å². The number of hydrogen-bond acceptors (Lipinski definition) is 5. The van der Waals surface area contributed by atoms with Gasteiger partial charge in [-0.15, -0.1) is 17.8 Å². The van der Waals surface area contributed by atoms with E-state index in [9.17, 15) is 14.0 Å². The molecule has 1 atom stereocenters. The number of carbonyl (C=O) groups is 2. The molecule has 0 bridgehead atoms. The molecule has 9 heteroatoms. The lowest BCUT2D eigenvalue weighted by Crippen LogP contribution is -2.34. The molecule has 0 spiro atoms. The minimum Gasteiger partial charge on any atom is -0.356 e. The van der Waals surface area contributed by atoms with Gasteiger partial charge in [-0.1, -0.05) is 18.1 Å². The smallest absolute Gasteiger partial charge is 0.321 e. The van der Waals surface area contributed by atoms with Crippen molar-refractivity contribution in [2.45, 2.75) is 26.1 Å². The molecule has 0 aliphatic rings. The van der Waals surface area contributed by atoms with Crippen LogP contribution in [-0.2, 0) is 22.6 Å². The third kappa shape index (κ3) is 7.05. The number of urea groups is 1. The molecule has 0 radical (unpaired) electrons. The molecule has 1 aromatic heterocycles. The second-order valence-corrected chi connectivity index (χ2v) is 6.31. The van der Waals surface area contributed by atoms with E-state index in [1.165, 1.54) is 23.5 Å². The van der Waals surface area contributed by atoms with Crippen molar-refractivity contribution in [3.8, 4) is 12.3 Å². The fourth-order valence-corrected chi connectivity index (χ4v) is 2.69. The molecule has 27 heavy (non-hydrogen) atoms. The van der Waals surface area contributed by atoms with Crippen LogP contribution in [0.2, 0.25) is 0 Å². The molecule has 1 unspecified atom stereocenters. The van der Waals surface area contributed by atoms with Crippen molar-refractivity contribution >= 4 is 28.4 Å². The number of amides is 3. The Morgan fingerprint density at radius 2 is 2.19 bits per heavy atom. The van der Waals surface area contributed by atoms with Crippen LogP contribution in [0.15, 0.2) is 29.6 Å². The molecule has 7 nitrogen and oxygen atoms in total. The fraction of sp³-hybridized carbons (Fsp3) is 0.278. The molecule has 3 amide bonds. The number of hydrogen-bond donors (Lipinski definition) is 3. The first-order valence-electron chi connectivity index (χ1n) is 8.04. The van der Waals surface area contributed by atoms with Crippen molar-refractivity contribution in [2.75, 3.05) is 11.9 Å². The van der Waals surface area contributed by atoms with Gasteiger partial charge in [-0.25, -0.2) is 14.2 Å². The van der Waals surface area contributed by atoms with Gasteiger partial charge in [0, 0.05) is 11.9 Å². The molecular weight excluding hydrogens is 371 g/mol. The largest absolute Gasteiger partial charge is 0.356 e. The van der Waals surface area contributed by atoms with Crippen molar-refractivity contribution in [1.29, 1.82) is 0 Å². The van der Waals surface area contributed by atoms with Crippen LogP contribution >= 0.6 is 11.3 Å². The normalized spacial score (nSPS) is 11.3. The zero-order valence-corrected chi connectivity index (χ0v) is 15.4. The molecule has 1 heterocycles. The van der Waals surface area contributed by atoms with Crippen molar-refractivity contribution in [3.63, 3.8) is 0 Å². The summed E-state index contributed by atoms with van der Waals surface area (Å²) in [5.74, 6) is 1.63. The number of halogens is 1. The molecule has 0 aliphatic carbocycles. The van der Waals surface area contributed by atoms with Crippen LogP contribution in [0.4, 0.5) is 14.3 Å². The third-order valence-corrected chi connectivity index (χ3v) is 4.15. The highest BCUT2D eigenvalue weighted by Gasteiger charge is 2.13. The third-order valence-electron chi connectivity index (χ3n) is 3.34. The summed E-state index contributed by atoms with van der Waals surface area (Å²) in [5, 5.41) is 9.98. The molecule has 2 rings (SSSR count). The number of nitrogens with one attached hydrogen (secondary N) is 3. The molecule has 0 fully saturated rings. The Balaban J connectivity index is 1.75. The number of carbonyl (C=O) groups excluding carboxylic acids is 2. The maximum absolute atomic E-state index is 13.1. The van der Waals surface area contributed by atoms with E-state index >= 15 is 0 Å². The van der Waals surface area contributed by atoms with Gasteiger partial charge >= 0.3 is 6.03 Å². The van der Waals surface area contributed by atoms with Crippen molar-refractivity contribution in [1.82, 2.24) is 15.6 Å². The number of anilines is 1. The van der Waals surface area contributed by atoms with E-state index in [2.05, 4.69) is 26.9 Å². The summed E-state index contributed by atoms with van der Waals surface area (Å²) in [6.45, 7) is 2.05. The number of nitrogens with zero attached hydrogens (tertiary/aromatic N) is 1. The predicted octanol–water partition coefficient (Wildman–Crippen LogP) is 2.26. The Kier molecular flexibility index (Phi) is 7.73. The van der Waals surface area contributed by atoms with Crippen LogP contribution in [-0.4, -0.2) is 29.6 Å². The van der Waals surface area contributed by atoms with E-state index in [0.29, 0.717) is 16.4 Å². The molecule has 142 valence electrons. The maximum Gasteiger partial charge on any atom is 0.321 e. The second kappa shape index (κ2) is 10.3. The minimum atomic E-state index is -0.661. The zero-order chi connectivity index (χ0) is 19.6. The van der Waals surface area contributed by atoms with Crippen molar-refractivity contribution in [2.24, 2.45) is 0 Å². The highest BCUT2D eigenvalue weighted by Crippen LogP contribution is 2.15. The molecule has 1 aromatic carbocycles. The molecule has 0 saturated carbocycles. The van der Waals surface area contributed by atoms with E-state index in [0.717, 1.165) is 0 Å². The molecular formula is C18H19FN4O3S. The molecule has 0 saturated heterocycles. The monoisotopic (exact) mass is 390 g/mol. The van der Waals surface area contributed by atoms with Gasteiger partial charge in [0.1, 0.15) is 18.5 Å². The van der Waals surface area contributed by atoms with Gasteiger partial charge in [0.25, 0.3) is 0 Å². The first-order chi connectivity index (χ1) is 13.0. The van der Waals surface area contributed by atoms with E-state index in [4.69, 9.17) is 11.2 Å². The number of benzene rings is 1. The summed E-state index contributed by atoms with van der Waals surface area (Å²) >= 11 is 1.22. The van der Waals surface area contributed by atoms with Crippen LogP contribution < -0.4 is 16.0 Å².